The number of benzene rings is 1. The van der Waals surface area contributed by atoms with E-state index >= 15 is 0 Å². The molecule has 3 aromatic rings. The molecule has 2 aromatic heterocycles. The maximum atomic E-state index is 14.4. The molecular formula is C22H23FN6O3S. The second-order valence-electron chi connectivity index (χ2n) is 7.93. The zero-order chi connectivity index (χ0) is 24.3. The summed E-state index contributed by atoms with van der Waals surface area (Å²) >= 11 is 0. The van der Waals surface area contributed by atoms with Crippen molar-refractivity contribution in [1.82, 2.24) is 19.3 Å². The molecule has 0 radical (unpaired) electrons. The number of pyridine rings is 1. The van der Waals surface area contributed by atoms with Gasteiger partial charge in [0.1, 0.15) is 17.6 Å². The summed E-state index contributed by atoms with van der Waals surface area (Å²) in [5.41, 5.74) is 1.52. The molecule has 9 nitrogen and oxygen atoms in total. The Kier molecular flexibility index (Phi) is 6.78. The quantitative estimate of drug-likeness (QED) is 0.556. The number of anilines is 1. The minimum atomic E-state index is -4.24. The average molecular weight is 471 g/mol. The van der Waals surface area contributed by atoms with Gasteiger partial charge in [0.15, 0.2) is 5.03 Å². The number of imidazole rings is 1. The molecule has 0 aliphatic heterocycles. The number of nitrogens with one attached hydrogen (secondary N) is 2. The predicted molar refractivity (Wildman–Crippen MR) is 120 cm³/mol. The van der Waals surface area contributed by atoms with Gasteiger partial charge in [-0.15, -0.1) is 0 Å². The van der Waals surface area contributed by atoms with E-state index in [0.29, 0.717) is 11.1 Å². The van der Waals surface area contributed by atoms with E-state index in [0.717, 1.165) is 0 Å². The Morgan fingerprint density at radius 2 is 1.91 bits per heavy atom. The average Bonchev–Trinajstić information content (AvgIpc) is 3.26. The van der Waals surface area contributed by atoms with E-state index in [4.69, 9.17) is 5.26 Å². The Labute approximate surface area is 191 Å². The SMILES string of the molecule is CC(C)c1cc(F)cc(-c2ccnc(C#N)c2)c1NC(=O)NS(=O)(=O)c1cn(C(C)C)cn1. The van der Waals surface area contributed by atoms with Gasteiger partial charge in [0.2, 0.25) is 0 Å². The molecule has 1 aromatic carbocycles. The smallest absolute Gasteiger partial charge is 0.333 e. The number of nitrogens with zero attached hydrogens (tertiary/aromatic N) is 4. The van der Waals surface area contributed by atoms with Crippen molar-refractivity contribution in [2.24, 2.45) is 0 Å². The number of halogens is 1. The fourth-order valence-corrected chi connectivity index (χ4v) is 4.01. The van der Waals surface area contributed by atoms with E-state index in [2.05, 4.69) is 15.3 Å². The number of amides is 2. The van der Waals surface area contributed by atoms with E-state index in [1.165, 1.54) is 36.9 Å². The number of nitriles is 1. The molecule has 2 heterocycles. The van der Waals surface area contributed by atoms with Crippen molar-refractivity contribution in [3.63, 3.8) is 0 Å². The summed E-state index contributed by atoms with van der Waals surface area (Å²) in [6.45, 7) is 7.34. The van der Waals surface area contributed by atoms with Crippen LogP contribution in [0.5, 0.6) is 0 Å². The lowest BCUT2D eigenvalue weighted by atomic mass is 9.94. The Morgan fingerprint density at radius 1 is 1.18 bits per heavy atom. The van der Waals surface area contributed by atoms with Crippen molar-refractivity contribution < 1.29 is 17.6 Å². The summed E-state index contributed by atoms with van der Waals surface area (Å²) in [6, 6.07) is 6.38. The summed E-state index contributed by atoms with van der Waals surface area (Å²) in [5, 5.41) is 11.4. The molecule has 0 atom stereocenters. The highest BCUT2D eigenvalue weighted by atomic mass is 32.2. The van der Waals surface area contributed by atoms with Gasteiger partial charge in [0.25, 0.3) is 10.0 Å². The zero-order valence-corrected chi connectivity index (χ0v) is 19.3. The third kappa shape index (κ3) is 5.35. The molecule has 0 aliphatic rings. The van der Waals surface area contributed by atoms with Gasteiger partial charge in [-0.05, 0) is 55.2 Å². The van der Waals surface area contributed by atoms with E-state index < -0.39 is 21.9 Å². The fourth-order valence-electron chi connectivity index (χ4n) is 3.16. The highest BCUT2D eigenvalue weighted by Crippen LogP contribution is 2.36. The molecule has 0 saturated carbocycles. The molecule has 0 aliphatic carbocycles. The predicted octanol–water partition coefficient (Wildman–Crippen LogP) is 4.17. The van der Waals surface area contributed by atoms with Gasteiger partial charge < -0.3 is 9.88 Å². The summed E-state index contributed by atoms with van der Waals surface area (Å²) in [5.74, 6) is -0.743. The second-order valence-corrected chi connectivity index (χ2v) is 9.56. The number of hydrogen-bond acceptors (Lipinski definition) is 6. The van der Waals surface area contributed by atoms with Crippen LogP contribution in [0.15, 0.2) is 48.0 Å². The second kappa shape index (κ2) is 9.38. The van der Waals surface area contributed by atoms with Crippen molar-refractivity contribution in [3.05, 3.63) is 60.1 Å². The molecule has 0 fully saturated rings. The summed E-state index contributed by atoms with van der Waals surface area (Å²) in [4.78, 5) is 20.5. The van der Waals surface area contributed by atoms with Gasteiger partial charge in [-0.2, -0.15) is 13.7 Å². The van der Waals surface area contributed by atoms with Gasteiger partial charge in [-0.1, -0.05) is 13.8 Å². The van der Waals surface area contributed by atoms with Crippen molar-refractivity contribution in [1.29, 1.82) is 5.26 Å². The normalized spacial score (nSPS) is 11.5. The molecular weight excluding hydrogens is 447 g/mol. The maximum absolute atomic E-state index is 14.4. The van der Waals surface area contributed by atoms with E-state index in [9.17, 15) is 17.6 Å². The molecule has 33 heavy (non-hydrogen) atoms. The van der Waals surface area contributed by atoms with Crippen LogP contribution < -0.4 is 10.0 Å². The van der Waals surface area contributed by atoms with Gasteiger partial charge in [0.05, 0.1) is 12.0 Å². The molecule has 172 valence electrons. The molecule has 2 amide bonds. The highest BCUT2D eigenvalue weighted by molar-refractivity contribution is 7.90. The fraction of sp³-hybridized carbons (Fsp3) is 0.273. The number of carbonyl (C=O) groups excluding carboxylic acids is 1. The van der Waals surface area contributed by atoms with Crippen molar-refractivity contribution in [2.75, 3.05) is 5.32 Å². The van der Waals surface area contributed by atoms with E-state index in [1.807, 2.05) is 38.5 Å². The largest absolute Gasteiger partial charge is 0.334 e. The van der Waals surface area contributed by atoms with Gasteiger partial charge in [-0.25, -0.2) is 23.9 Å². The minimum absolute atomic E-state index is 0.00989. The number of rotatable bonds is 6. The number of carbonyl (C=O) groups is 1. The molecule has 0 spiro atoms. The monoisotopic (exact) mass is 470 g/mol. The van der Waals surface area contributed by atoms with Gasteiger partial charge in [0, 0.05) is 24.0 Å². The number of urea groups is 1. The van der Waals surface area contributed by atoms with E-state index in [-0.39, 0.29) is 33.9 Å². The summed E-state index contributed by atoms with van der Waals surface area (Å²) in [6.07, 6.45) is 4.08. The molecule has 11 heteroatoms. The van der Waals surface area contributed by atoms with Gasteiger partial charge in [-0.3, -0.25) is 0 Å². The van der Waals surface area contributed by atoms with Crippen LogP contribution in [0.2, 0.25) is 0 Å². The zero-order valence-electron chi connectivity index (χ0n) is 18.5. The van der Waals surface area contributed by atoms with Crippen LogP contribution in [0, 0.1) is 17.1 Å². The topological polar surface area (TPSA) is 130 Å². The lowest BCUT2D eigenvalue weighted by molar-refractivity contribution is 0.256. The molecule has 0 bridgehead atoms. The number of sulfonamides is 1. The van der Waals surface area contributed by atoms with Crippen LogP contribution in [-0.4, -0.2) is 29.0 Å². The minimum Gasteiger partial charge on any atom is -0.334 e. The number of hydrogen-bond donors (Lipinski definition) is 2. The van der Waals surface area contributed by atoms with Crippen LogP contribution in [0.25, 0.3) is 11.1 Å². The standard InChI is InChI=1S/C22H23FN6O3S/c1-13(2)18-8-16(23)9-19(15-5-6-25-17(7-15)10-24)21(18)27-22(30)28-33(31,32)20-11-29(12-26-20)14(3)4/h5-9,11-14H,1-4H3,(H2,27,28,30). The van der Waals surface area contributed by atoms with Crippen LogP contribution in [0.3, 0.4) is 0 Å². The lowest BCUT2D eigenvalue weighted by Gasteiger charge is -2.19. The number of aromatic nitrogens is 3. The summed E-state index contributed by atoms with van der Waals surface area (Å²) in [7, 11) is -4.24. The third-order valence-electron chi connectivity index (χ3n) is 4.86. The third-order valence-corrected chi connectivity index (χ3v) is 6.07. The Balaban J connectivity index is 1.99. The molecule has 0 unspecified atom stereocenters. The van der Waals surface area contributed by atoms with Crippen molar-refractivity contribution >= 4 is 21.7 Å². The Morgan fingerprint density at radius 3 is 2.52 bits per heavy atom. The molecule has 0 saturated heterocycles. The first kappa shape index (κ1) is 23.9. The van der Waals surface area contributed by atoms with Crippen molar-refractivity contribution in [3.8, 4) is 17.2 Å². The first-order valence-electron chi connectivity index (χ1n) is 10.1. The molecule has 2 N–H and O–H groups in total. The Hall–Kier alpha value is -3.78. The first-order valence-corrected chi connectivity index (χ1v) is 11.6. The van der Waals surface area contributed by atoms with Crippen molar-refractivity contribution in [2.45, 2.75) is 44.7 Å². The van der Waals surface area contributed by atoms with Crippen LogP contribution in [0.4, 0.5) is 14.9 Å². The van der Waals surface area contributed by atoms with Crippen LogP contribution in [0.1, 0.15) is 50.9 Å². The molecule has 3 rings (SSSR count). The van der Waals surface area contributed by atoms with Crippen LogP contribution in [-0.2, 0) is 10.0 Å². The highest BCUT2D eigenvalue weighted by Gasteiger charge is 2.23. The maximum Gasteiger partial charge on any atom is 0.333 e. The van der Waals surface area contributed by atoms with Crippen LogP contribution >= 0.6 is 0 Å². The van der Waals surface area contributed by atoms with E-state index in [1.54, 1.807) is 10.6 Å². The summed E-state index contributed by atoms with van der Waals surface area (Å²) < 4.78 is 43.2. The lowest BCUT2D eigenvalue weighted by Crippen LogP contribution is -2.35. The Bertz CT molecular complexity index is 1340. The van der Waals surface area contributed by atoms with Gasteiger partial charge >= 0.3 is 6.03 Å². The first-order chi connectivity index (χ1) is 15.5.